The fourth-order valence-electron chi connectivity index (χ4n) is 9.88. The molecule has 0 spiro atoms. The van der Waals surface area contributed by atoms with Crippen LogP contribution in [0.15, 0.2) is 97.2 Å². The molecule has 0 heterocycles. The first-order valence-corrected chi connectivity index (χ1v) is 36.6. The van der Waals surface area contributed by atoms with Gasteiger partial charge in [-0.2, -0.15) is 0 Å². The van der Waals surface area contributed by atoms with Crippen LogP contribution >= 0.6 is 7.82 Å². The monoisotopic (exact) mass is 1190 g/mol. The number of carbonyl (C=O) groups excluding carboxylic acids is 2. The molecule has 0 aromatic rings. The number of unbranched alkanes of at least 4 members (excludes halogenated alkanes) is 33. The Hall–Kier alpha value is -3.07. The third-order valence-corrected chi connectivity index (χ3v) is 16.2. The van der Waals surface area contributed by atoms with Crippen molar-refractivity contribution >= 4 is 19.7 Å². The molecule has 3 atom stereocenters. The second-order valence-corrected chi connectivity index (χ2v) is 26.1. The van der Waals surface area contributed by atoms with Gasteiger partial charge in [-0.15, -0.1) is 0 Å². The van der Waals surface area contributed by atoms with Crippen molar-refractivity contribution < 1.29 is 37.3 Å². The lowest BCUT2D eigenvalue weighted by molar-refractivity contribution is -0.870. The molecule has 0 aromatic heterocycles. The minimum absolute atomic E-state index is 0.0334. The van der Waals surface area contributed by atoms with Gasteiger partial charge >= 0.3 is 13.8 Å². The van der Waals surface area contributed by atoms with Crippen LogP contribution in [0.2, 0.25) is 0 Å². The topological polar surface area (TPSA) is 111 Å². The van der Waals surface area contributed by atoms with Crippen LogP contribution in [0, 0.1) is 0 Å². The summed E-state index contributed by atoms with van der Waals surface area (Å²) in [5.74, 6) is -0.519. The van der Waals surface area contributed by atoms with Crippen molar-refractivity contribution in [3.63, 3.8) is 0 Å². The summed E-state index contributed by atoms with van der Waals surface area (Å²) in [6.45, 7) is 6.90. The first-order chi connectivity index (χ1) is 40.9. The Morgan fingerprint density at radius 2 is 0.762 bits per heavy atom. The number of phosphoric ester groups is 1. The van der Waals surface area contributed by atoms with E-state index in [0.29, 0.717) is 17.4 Å². The largest absolute Gasteiger partial charge is 0.472 e. The van der Waals surface area contributed by atoms with Gasteiger partial charge < -0.3 is 19.4 Å². The van der Waals surface area contributed by atoms with Gasteiger partial charge in [0.2, 0.25) is 5.91 Å². The Labute approximate surface area is 519 Å². The number of hydrogen-bond acceptors (Lipinski definition) is 6. The van der Waals surface area contributed by atoms with Crippen molar-refractivity contribution in [2.45, 2.75) is 322 Å². The summed E-state index contributed by atoms with van der Waals surface area (Å²) in [6, 6.07) is -0.863. The van der Waals surface area contributed by atoms with Crippen LogP contribution in [0.3, 0.4) is 0 Å². The van der Waals surface area contributed by atoms with E-state index < -0.39 is 20.0 Å². The molecule has 3 unspecified atom stereocenters. The van der Waals surface area contributed by atoms with Gasteiger partial charge in [-0.05, 0) is 109 Å². The number of carbonyl (C=O) groups is 2. The van der Waals surface area contributed by atoms with Crippen molar-refractivity contribution in [3.05, 3.63) is 97.2 Å². The van der Waals surface area contributed by atoms with Crippen LogP contribution in [0.5, 0.6) is 0 Å². The lowest BCUT2D eigenvalue weighted by Crippen LogP contribution is -2.47. The minimum atomic E-state index is -4.46. The first kappa shape index (κ1) is 80.9. The molecule has 0 aliphatic heterocycles. The highest BCUT2D eigenvalue weighted by Crippen LogP contribution is 2.43. The second-order valence-electron chi connectivity index (χ2n) is 24.7. The molecule has 10 heteroatoms. The number of likely N-dealkylation sites (N-methyl/N-ethyl adjacent to an activating group) is 1. The fourth-order valence-corrected chi connectivity index (χ4v) is 10.6. The highest BCUT2D eigenvalue weighted by Gasteiger charge is 2.30. The first-order valence-electron chi connectivity index (χ1n) is 35.1. The molecule has 84 heavy (non-hydrogen) atoms. The number of phosphoric acid groups is 1. The van der Waals surface area contributed by atoms with E-state index in [1.54, 1.807) is 0 Å². The van der Waals surface area contributed by atoms with Crippen LogP contribution < -0.4 is 5.32 Å². The summed E-state index contributed by atoms with van der Waals surface area (Å²) in [5.41, 5.74) is 0. The summed E-state index contributed by atoms with van der Waals surface area (Å²) >= 11 is 0. The van der Waals surface area contributed by atoms with Crippen LogP contribution in [-0.4, -0.2) is 74.3 Å². The average Bonchev–Trinajstić information content (AvgIpc) is 3.64. The number of nitrogens with one attached hydrogen (secondary N) is 1. The Bertz CT molecular complexity index is 1760. The van der Waals surface area contributed by atoms with Gasteiger partial charge in [0, 0.05) is 12.8 Å². The predicted molar refractivity (Wildman–Crippen MR) is 364 cm³/mol. The van der Waals surface area contributed by atoms with E-state index in [0.717, 1.165) is 122 Å². The number of allylic oxidation sites excluding steroid dienone is 15. The maximum absolute atomic E-state index is 13.6. The molecule has 0 radical (unpaired) electrons. The van der Waals surface area contributed by atoms with E-state index in [9.17, 15) is 19.0 Å². The molecular formula is C74H134N2O7P+. The van der Waals surface area contributed by atoms with Crippen molar-refractivity contribution in [2.75, 3.05) is 40.9 Å². The molecule has 9 nitrogen and oxygen atoms in total. The summed E-state index contributed by atoms with van der Waals surface area (Å²) in [5, 5.41) is 3.06. The van der Waals surface area contributed by atoms with Gasteiger partial charge in [0.05, 0.1) is 33.8 Å². The number of ether oxygens (including phenoxy) is 1. The molecule has 486 valence electrons. The second kappa shape index (κ2) is 63.0. The maximum Gasteiger partial charge on any atom is 0.472 e. The molecule has 0 saturated carbocycles. The molecule has 0 aliphatic rings. The van der Waals surface area contributed by atoms with E-state index in [-0.39, 0.29) is 31.5 Å². The fraction of sp³-hybridized carbons (Fsp3) is 0.757. The van der Waals surface area contributed by atoms with Gasteiger partial charge in [0.15, 0.2) is 0 Å². The molecule has 0 saturated heterocycles. The Morgan fingerprint density at radius 3 is 1.15 bits per heavy atom. The quantitative estimate of drug-likeness (QED) is 0.0205. The summed E-state index contributed by atoms with van der Waals surface area (Å²) in [7, 11) is 1.48. The molecule has 0 fully saturated rings. The molecule has 0 aromatic carbocycles. The maximum atomic E-state index is 13.6. The zero-order valence-electron chi connectivity index (χ0n) is 55.6. The number of hydrogen-bond donors (Lipinski definition) is 2. The number of amides is 1. The van der Waals surface area contributed by atoms with E-state index >= 15 is 0 Å². The van der Waals surface area contributed by atoms with Crippen LogP contribution in [-0.2, 0) is 27.9 Å². The zero-order valence-corrected chi connectivity index (χ0v) is 56.5. The van der Waals surface area contributed by atoms with Gasteiger partial charge in [0.25, 0.3) is 0 Å². The Kier molecular flexibility index (Phi) is 60.7. The third kappa shape index (κ3) is 63.4. The number of rotatable bonds is 63. The lowest BCUT2D eigenvalue weighted by atomic mass is 10.0. The minimum Gasteiger partial charge on any atom is -0.456 e. The van der Waals surface area contributed by atoms with Gasteiger partial charge in [-0.3, -0.25) is 18.6 Å². The van der Waals surface area contributed by atoms with E-state index in [2.05, 4.69) is 111 Å². The highest BCUT2D eigenvalue weighted by atomic mass is 31.2. The predicted octanol–water partition coefficient (Wildman–Crippen LogP) is 22.3. The highest BCUT2D eigenvalue weighted by molar-refractivity contribution is 7.47. The zero-order chi connectivity index (χ0) is 61.4. The number of esters is 1. The summed E-state index contributed by atoms with van der Waals surface area (Å²) in [4.78, 5) is 37.9. The molecular weight excluding hydrogens is 1060 g/mol. The van der Waals surface area contributed by atoms with Crippen LogP contribution in [0.25, 0.3) is 0 Å². The standard InChI is InChI=1S/C74H133N2O7P/c1-7-10-13-16-19-22-25-28-30-32-34-36-37-38-39-41-42-44-46-48-51-54-57-60-63-66-73(77)75-71(70-82-84(79,80)81-69-68-76(4,5)6)72(65-62-59-56-53-50-27-24-21-18-15-12-9-3)83-74(78)67-64-61-58-55-52-49-47-45-43-40-35-33-31-29-26-23-20-17-14-11-8-2/h10,13,19,22,28-31,34,36,38-39,42,44,62,65,71-72H,7-9,11-12,14-18,20-21,23-27,32-33,35,37,40-41,43,45-61,63-64,66-70H2,1-6H3,(H-,75,77,79,80)/p+1/b13-10-,22-19-,30-28-,31-29+,36-34-,39-38-,44-42-,65-62-. The molecule has 0 bridgehead atoms. The van der Waals surface area contributed by atoms with Crippen molar-refractivity contribution in [1.29, 1.82) is 0 Å². The van der Waals surface area contributed by atoms with Crippen molar-refractivity contribution in [3.8, 4) is 0 Å². The third-order valence-electron chi connectivity index (χ3n) is 15.3. The van der Waals surface area contributed by atoms with E-state index in [4.69, 9.17) is 13.8 Å². The summed E-state index contributed by atoms with van der Waals surface area (Å²) < 4.78 is 30.8. The lowest BCUT2D eigenvalue weighted by Gasteiger charge is -2.27. The molecule has 1 amide bonds. The molecule has 0 rings (SSSR count). The summed E-state index contributed by atoms with van der Waals surface area (Å²) in [6.07, 6.45) is 85.5. The normalized spacial score (nSPS) is 14.1. The van der Waals surface area contributed by atoms with Crippen molar-refractivity contribution in [2.24, 2.45) is 0 Å². The van der Waals surface area contributed by atoms with Gasteiger partial charge in [-0.1, -0.05) is 285 Å². The van der Waals surface area contributed by atoms with Crippen LogP contribution in [0.4, 0.5) is 0 Å². The molecule has 0 aliphatic carbocycles. The molecule has 2 N–H and O–H groups in total. The average molecular weight is 1190 g/mol. The van der Waals surface area contributed by atoms with Gasteiger partial charge in [0.1, 0.15) is 19.3 Å². The SMILES string of the molecule is CC/C=C\C/C=C\C/C=C\C/C=C\C/C=C\C/C=C\CCCCCCCCC(=O)NC(COP(=O)(O)OCC[N+](C)(C)C)C(/C=C\CCCCCCCCCCCC)OC(=O)CCCCCCCCCCCCC/C=C/CCCCCCCC. The Balaban J connectivity index is 5.14. The van der Waals surface area contributed by atoms with Gasteiger partial charge in [-0.25, -0.2) is 4.57 Å². The van der Waals surface area contributed by atoms with E-state index in [1.807, 2.05) is 33.3 Å². The number of quaternary nitrogens is 1. The van der Waals surface area contributed by atoms with E-state index in [1.165, 1.54) is 154 Å². The number of nitrogens with zero attached hydrogens (tertiary/aromatic N) is 1. The van der Waals surface area contributed by atoms with Crippen molar-refractivity contribution in [1.82, 2.24) is 5.32 Å². The Morgan fingerprint density at radius 1 is 0.429 bits per heavy atom. The smallest absolute Gasteiger partial charge is 0.456 e. The van der Waals surface area contributed by atoms with Crippen LogP contribution in [0.1, 0.15) is 310 Å².